The number of hydrogen-bond acceptors (Lipinski definition) is 6. The highest BCUT2D eigenvalue weighted by Gasteiger charge is 2.15. The number of thiazole rings is 1. The Kier molecular flexibility index (Phi) is 5.78. The van der Waals surface area contributed by atoms with E-state index in [0.717, 1.165) is 29.7 Å². The van der Waals surface area contributed by atoms with Gasteiger partial charge < -0.3 is 15.4 Å². The van der Waals surface area contributed by atoms with Crippen molar-refractivity contribution < 1.29 is 9.53 Å². The number of nitrogens with zero attached hydrogens (tertiary/aromatic N) is 1. The van der Waals surface area contributed by atoms with Crippen molar-refractivity contribution in [1.82, 2.24) is 21.2 Å². The Hall–Kier alpha value is -1.97. The van der Waals surface area contributed by atoms with Crippen LogP contribution >= 0.6 is 23.6 Å². The van der Waals surface area contributed by atoms with Gasteiger partial charge in [0.05, 0.1) is 22.9 Å². The maximum absolute atomic E-state index is 11.8. The third kappa shape index (κ3) is 4.76. The molecule has 0 aliphatic carbocycles. The Morgan fingerprint density at radius 2 is 2.25 bits per heavy atom. The number of hydrogen-bond donors (Lipinski definition) is 4. The summed E-state index contributed by atoms with van der Waals surface area (Å²) in [4.78, 5) is 16.2. The second-order valence-electron chi connectivity index (χ2n) is 5.36. The van der Waals surface area contributed by atoms with Crippen molar-refractivity contribution in [2.24, 2.45) is 0 Å². The largest absolute Gasteiger partial charge is 0.376 e. The first-order valence-electron chi connectivity index (χ1n) is 7.74. The molecule has 24 heavy (non-hydrogen) atoms. The lowest BCUT2D eigenvalue weighted by atomic mass is 10.2. The molecule has 1 aliphatic heterocycles. The third-order valence-electron chi connectivity index (χ3n) is 3.52. The number of hydrazine groups is 1. The lowest BCUT2D eigenvalue weighted by molar-refractivity contribution is -0.119. The van der Waals surface area contributed by atoms with E-state index in [2.05, 4.69) is 26.5 Å². The Morgan fingerprint density at radius 3 is 3.04 bits per heavy atom. The number of anilines is 1. The summed E-state index contributed by atoms with van der Waals surface area (Å²) in [5.74, 6) is -0.226. The number of ether oxygens (including phenoxy) is 1. The van der Waals surface area contributed by atoms with Crippen molar-refractivity contribution in [3.63, 3.8) is 0 Å². The number of benzene rings is 1. The van der Waals surface area contributed by atoms with Gasteiger partial charge in [0, 0.05) is 13.2 Å². The maximum atomic E-state index is 11.8. The number of fused-ring (bicyclic) bond motifs is 1. The minimum Gasteiger partial charge on any atom is -0.376 e. The summed E-state index contributed by atoms with van der Waals surface area (Å²) in [5.41, 5.74) is 6.14. The van der Waals surface area contributed by atoms with E-state index in [1.807, 2.05) is 24.3 Å². The molecule has 0 unspecified atom stereocenters. The van der Waals surface area contributed by atoms with E-state index in [0.29, 0.717) is 16.8 Å². The van der Waals surface area contributed by atoms with Crippen molar-refractivity contribution >= 4 is 49.9 Å². The average Bonchev–Trinajstić information content (AvgIpc) is 3.25. The van der Waals surface area contributed by atoms with E-state index < -0.39 is 0 Å². The molecular weight excluding hydrogens is 346 g/mol. The Morgan fingerprint density at radius 1 is 1.38 bits per heavy atom. The quantitative estimate of drug-likeness (QED) is 0.470. The maximum Gasteiger partial charge on any atom is 0.257 e. The number of amides is 1. The zero-order valence-corrected chi connectivity index (χ0v) is 14.6. The summed E-state index contributed by atoms with van der Waals surface area (Å²) in [7, 11) is 0. The topological polar surface area (TPSA) is 87.3 Å². The monoisotopic (exact) mass is 365 g/mol. The molecule has 3 rings (SSSR count). The number of carbonyl (C=O) groups is 1. The highest BCUT2D eigenvalue weighted by Crippen LogP contribution is 2.24. The molecule has 9 heteroatoms. The van der Waals surface area contributed by atoms with E-state index in [-0.39, 0.29) is 18.6 Å². The fourth-order valence-electron chi connectivity index (χ4n) is 2.33. The summed E-state index contributed by atoms with van der Waals surface area (Å²) >= 11 is 6.62. The molecule has 7 nitrogen and oxygen atoms in total. The van der Waals surface area contributed by atoms with Crippen LogP contribution in [0, 0.1) is 0 Å². The van der Waals surface area contributed by atoms with Gasteiger partial charge in [-0.05, 0) is 37.2 Å². The molecule has 0 radical (unpaired) electrons. The van der Waals surface area contributed by atoms with Crippen LogP contribution in [0.4, 0.5) is 5.13 Å². The van der Waals surface area contributed by atoms with Gasteiger partial charge in [0.1, 0.15) is 0 Å². The second-order valence-corrected chi connectivity index (χ2v) is 6.80. The molecule has 1 amide bonds. The highest BCUT2D eigenvalue weighted by atomic mass is 32.1. The SMILES string of the molecule is O=C(CNc1nc2ccccc2s1)NNC(=S)NC[C@H]1CCCO1. The van der Waals surface area contributed by atoms with Crippen molar-refractivity contribution in [3.8, 4) is 0 Å². The lowest BCUT2D eigenvalue weighted by Gasteiger charge is -2.14. The van der Waals surface area contributed by atoms with Gasteiger partial charge in [-0.3, -0.25) is 15.6 Å². The van der Waals surface area contributed by atoms with Crippen LogP contribution in [0.1, 0.15) is 12.8 Å². The van der Waals surface area contributed by atoms with Crippen LogP contribution in [-0.2, 0) is 9.53 Å². The number of nitrogens with one attached hydrogen (secondary N) is 4. The lowest BCUT2D eigenvalue weighted by Crippen LogP contribution is -2.49. The van der Waals surface area contributed by atoms with Crippen LogP contribution in [0.2, 0.25) is 0 Å². The van der Waals surface area contributed by atoms with Gasteiger partial charge in [-0.25, -0.2) is 4.98 Å². The predicted molar refractivity (Wildman–Crippen MR) is 99.0 cm³/mol. The molecule has 1 aromatic heterocycles. The summed E-state index contributed by atoms with van der Waals surface area (Å²) < 4.78 is 6.57. The molecule has 0 spiro atoms. The summed E-state index contributed by atoms with van der Waals surface area (Å²) in [5, 5.41) is 7.11. The van der Waals surface area contributed by atoms with Crippen LogP contribution < -0.4 is 21.5 Å². The summed E-state index contributed by atoms with van der Waals surface area (Å²) in [6.45, 7) is 1.56. The minimum absolute atomic E-state index is 0.112. The summed E-state index contributed by atoms with van der Waals surface area (Å²) in [6.07, 6.45) is 2.32. The number of aromatic nitrogens is 1. The number of para-hydroxylation sites is 1. The van der Waals surface area contributed by atoms with Gasteiger partial charge in [0.2, 0.25) is 0 Å². The fourth-order valence-corrected chi connectivity index (χ4v) is 3.33. The van der Waals surface area contributed by atoms with Crippen LogP contribution in [0.15, 0.2) is 24.3 Å². The molecule has 1 fully saturated rings. The van der Waals surface area contributed by atoms with Crippen LogP contribution in [0.25, 0.3) is 10.2 Å². The van der Waals surface area contributed by atoms with Gasteiger partial charge in [-0.1, -0.05) is 23.5 Å². The molecule has 128 valence electrons. The molecule has 1 aromatic carbocycles. The third-order valence-corrected chi connectivity index (χ3v) is 4.76. The Balaban J connectivity index is 1.35. The number of carbonyl (C=O) groups excluding carboxylic acids is 1. The van der Waals surface area contributed by atoms with Gasteiger partial charge in [0.25, 0.3) is 5.91 Å². The molecule has 2 aromatic rings. The van der Waals surface area contributed by atoms with E-state index in [9.17, 15) is 4.79 Å². The smallest absolute Gasteiger partial charge is 0.257 e. The predicted octanol–water partition coefficient (Wildman–Crippen LogP) is 1.38. The standard InChI is InChI=1S/C15H19N5O2S2/c21-13(19-20-14(23)16-8-10-4-3-7-22-10)9-17-15-18-11-5-1-2-6-12(11)24-15/h1-2,5-6,10H,3-4,7-9H2,(H,17,18)(H,19,21)(H2,16,20,23)/t10-/m1/s1. The first-order chi connectivity index (χ1) is 11.7. The van der Waals surface area contributed by atoms with Crippen LogP contribution in [0.3, 0.4) is 0 Å². The molecule has 0 saturated carbocycles. The Bertz CT molecular complexity index is 682. The van der Waals surface area contributed by atoms with Gasteiger partial charge in [0.15, 0.2) is 10.2 Å². The van der Waals surface area contributed by atoms with Crippen molar-refractivity contribution in [3.05, 3.63) is 24.3 Å². The molecular formula is C15H19N5O2S2. The van der Waals surface area contributed by atoms with Crippen molar-refractivity contribution in [2.75, 3.05) is 25.0 Å². The van der Waals surface area contributed by atoms with Crippen molar-refractivity contribution in [2.45, 2.75) is 18.9 Å². The first-order valence-corrected chi connectivity index (χ1v) is 8.97. The second kappa shape index (κ2) is 8.22. The van der Waals surface area contributed by atoms with Gasteiger partial charge in [-0.2, -0.15) is 0 Å². The van der Waals surface area contributed by atoms with E-state index in [1.165, 1.54) is 11.3 Å². The van der Waals surface area contributed by atoms with E-state index in [1.54, 1.807) is 0 Å². The average molecular weight is 365 g/mol. The zero-order valence-electron chi connectivity index (χ0n) is 13.0. The van der Waals surface area contributed by atoms with Gasteiger partial charge in [-0.15, -0.1) is 0 Å². The molecule has 1 saturated heterocycles. The fraction of sp³-hybridized carbons (Fsp3) is 0.400. The van der Waals surface area contributed by atoms with Gasteiger partial charge >= 0.3 is 0 Å². The number of rotatable bonds is 5. The highest BCUT2D eigenvalue weighted by molar-refractivity contribution is 7.80. The van der Waals surface area contributed by atoms with E-state index in [4.69, 9.17) is 17.0 Å². The molecule has 1 atom stereocenters. The zero-order chi connectivity index (χ0) is 16.8. The molecule has 0 bridgehead atoms. The van der Waals surface area contributed by atoms with E-state index >= 15 is 0 Å². The normalized spacial score (nSPS) is 16.8. The summed E-state index contributed by atoms with van der Waals surface area (Å²) in [6, 6.07) is 7.84. The van der Waals surface area contributed by atoms with Crippen LogP contribution in [-0.4, -0.2) is 41.8 Å². The molecule has 1 aliphatic rings. The minimum atomic E-state index is -0.226. The molecule has 4 N–H and O–H groups in total. The van der Waals surface area contributed by atoms with Crippen LogP contribution in [0.5, 0.6) is 0 Å². The number of thiocarbonyl (C=S) groups is 1. The molecule has 2 heterocycles. The first kappa shape index (κ1) is 16.9. The Labute approximate surface area is 149 Å². The van der Waals surface area contributed by atoms with Crippen molar-refractivity contribution in [1.29, 1.82) is 0 Å².